The summed E-state index contributed by atoms with van der Waals surface area (Å²) in [6.07, 6.45) is 0. The van der Waals surface area contributed by atoms with Crippen molar-refractivity contribution in [3.63, 3.8) is 0 Å². The molecular weight excluding hydrogens is 901 g/mol. The molecule has 3 heterocycles. The number of hydrogen-bond acceptors (Lipinski definition) is 4. The van der Waals surface area contributed by atoms with Gasteiger partial charge in [0.25, 0.3) is 0 Å². The first-order valence-corrected chi connectivity index (χ1v) is 25.9. The smallest absolute Gasteiger partial charge is 0.164 e. The van der Waals surface area contributed by atoms with E-state index in [2.05, 4.69) is 195 Å². The summed E-state index contributed by atoms with van der Waals surface area (Å²) in [5.41, 5.74) is 15.5. The summed E-state index contributed by atoms with van der Waals surface area (Å²) < 4.78 is 4.80. The van der Waals surface area contributed by atoms with Crippen LogP contribution in [0.1, 0.15) is 111 Å². The molecule has 6 nitrogen and oxygen atoms in total. The molecule has 0 saturated heterocycles. The Hall–Kier alpha value is -8.14. The van der Waals surface area contributed by atoms with Gasteiger partial charge in [0.2, 0.25) is 0 Å². The van der Waals surface area contributed by atoms with E-state index < -0.39 is 0 Å². The van der Waals surface area contributed by atoms with Crippen LogP contribution in [-0.2, 0) is 21.7 Å². The minimum Gasteiger partial charge on any atom is -0.309 e. The SMILES string of the molecule is CC(C)(C)c1ccc2c(c1)c1cc(C(C)(C)C)ccc1n2-c1cccc(C#N)c1-c1c(-c2nc(-c3ccccc3)nc(-c3ccccc3)n2)cccc1-n1c2ccc(C(C)(C)C)cc2c2cc(C(C)(C)C)ccc21. The van der Waals surface area contributed by atoms with Crippen LogP contribution >= 0.6 is 0 Å². The minimum absolute atomic E-state index is 0.0741. The standard InChI is InChI=1S/C68H64N6/c1-65(2,3)45-29-33-54-50(37-45)51-38-46(66(4,5)6)30-34-55(51)73(54)58-27-19-25-44(41-69)60(58)61-49(64-71-62(42-21-15-13-16-22-42)70-63(72-64)43-23-17-14-18-24-43)26-20-28-59(61)74-56-35-31-47(67(7,8)9)39-52(56)53-40-48(68(10,11)12)32-36-57(53)74/h13-40H,1-12H3. The highest BCUT2D eigenvalue weighted by molar-refractivity contribution is 6.13. The van der Waals surface area contributed by atoms with Gasteiger partial charge in [0.15, 0.2) is 17.5 Å². The van der Waals surface area contributed by atoms with Crippen molar-refractivity contribution in [2.24, 2.45) is 0 Å². The van der Waals surface area contributed by atoms with Crippen molar-refractivity contribution < 1.29 is 0 Å². The lowest BCUT2D eigenvalue weighted by atomic mass is 9.85. The van der Waals surface area contributed by atoms with Crippen LogP contribution in [0.3, 0.4) is 0 Å². The van der Waals surface area contributed by atoms with Crippen LogP contribution in [0, 0.1) is 11.3 Å². The van der Waals surface area contributed by atoms with Crippen molar-refractivity contribution >= 4 is 43.6 Å². The van der Waals surface area contributed by atoms with Crippen LogP contribution in [0.4, 0.5) is 0 Å². The number of nitrogens with zero attached hydrogens (tertiary/aromatic N) is 6. The molecule has 0 unspecified atom stereocenters. The summed E-state index contributed by atoms with van der Waals surface area (Å²) in [6.45, 7) is 27.3. The Balaban J connectivity index is 1.32. The van der Waals surface area contributed by atoms with Crippen LogP contribution in [0.5, 0.6) is 0 Å². The van der Waals surface area contributed by atoms with Gasteiger partial charge in [-0.05, 0) is 111 Å². The number of aromatic nitrogens is 5. The molecule has 0 saturated carbocycles. The average molecular weight is 965 g/mol. The molecule has 6 heteroatoms. The van der Waals surface area contributed by atoms with E-state index in [1.54, 1.807) is 0 Å². The zero-order valence-corrected chi connectivity index (χ0v) is 44.8. The molecule has 0 amide bonds. The predicted molar refractivity (Wildman–Crippen MR) is 310 cm³/mol. The summed E-state index contributed by atoms with van der Waals surface area (Å²) >= 11 is 0. The van der Waals surface area contributed by atoms with Crippen LogP contribution in [0.15, 0.2) is 170 Å². The summed E-state index contributed by atoms with van der Waals surface area (Å²) in [4.78, 5) is 15.9. The van der Waals surface area contributed by atoms with Gasteiger partial charge in [0.1, 0.15) is 0 Å². The van der Waals surface area contributed by atoms with Crippen molar-refractivity contribution in [1.29, 1.82) is 5.26 Å². The van der Waals surface area contributed by atoms with Crippen molar-refractivity contribution in [1.82, 2.24) is 24.1 Å². The Bertz CT molecular complexity index is 3840. The number of benzene rings is 8. The highest BCUT2D eigenvalue weighted by Crippen LogP contribution is 2.47. The maximum atomic E-state index is 11.6. The van der Waals surface area contributed by atoms with E-state index in [1.807, 2.05) is 72.8 Å². The first-order valence-electron chi connectivity index (χ1n) is 25.9. The van der Waals surface area contributed by atoms with Crippen molar-refractivity contribution in [2.45, 2.75) is 105 Å². The van der Waals surface area contributed by atoms with Gasteiger partial charge in [-0.15, -0.1) is 0 Å². The number of fused-ring (bicyclic) bond motifs is 6. The molecule has 0 atom stereocenters. The Morgan fingerprint density at radius 1 is 0.351 bits per heavy atom. The molecule has 0 aliphatic carbocycles. The zero-order chi connectivity index (χ0) is 52.1. The Morgan fingerprint density at radius 3 is 1.04 bits per heavy atom. The molecule has 0 aliphatic rings. The lowest BCUT2D eigenvalue weighted by Crippen LogP contribution is -2.10. The van der Waals surface area contributed by atoms with E-state index in [1.165, 1.54) is 43.8 Å². The Labute approximate surface area is 436 Å². The molecule has 0 N–H and O–H groups in total. The van der Waals surface area contributed by atoms with Gasteiger partial charge in [-0.3, -0.25) is 0 Å². The molecule has 0 bridgehead atoms. The maximum Gasteiger partial charge on any atom is 0.164 e. The fourth-order valence-electron chi connectivity index (χ4n) is 10.6. The second-order valence-corrected chi connectivity index (χ2v) is 24.1. The average Bonchev–Trinajstić information content (AvgIpc) is 3.89. The third-order valence-electron chi connectivity index (χ3n) is 14.9. The van der Waals surface area contributed by atoms with Crippen LogP contribution in [0.2, 0.25) is 0 Å². The molecule has 0 fully saturated rings. The fourth-order valence-corrected chi connectivity index (χ4v) is 10.6. The molecule has 8 aromatic carbocycles. The van der Waals surface area contributed by atoms with Crippen molar-refractivity contribution in [3.05, 3.63) is 198 Å². The molecule has 3 aromatic heterocycles. The van der Waals surface area contributed by atoms with Gasteiger partial charge in [0.05, 0.1) is 45.1 Å². The van der Waals surface area contributed by atoms with Gasteiger partial charge in [0, 0.05) is 49.4 Å². The largest absolute Gasteiger partial charge is 0.309 e. The van der Waals surface area contributed by atoms with E-state index in [4.69, 9.17) is 15.0 Å². The second-order valence-electron chi connectivity index (χ2n) is 24.1. The third-order valence-corrected chi connectivity index (χ3v) is 14.9. The second kappa shape index (κ2) is 17.5. The third kappa shape index (κ3) is 8.35. The monoisotopic (exact) mass is 965 g/mol. The zero-order valence-electron chi connectivity index (χ0n) is 44.8. The molecule has 11 aromatic rings. The lowest BCUT2D eigenvalue weighted by molar-refractivity contribution is 0.590. The topological polar surface area (TPSA) is 72.3 Å². The molecule has 11 rings (SSSR count). The van der Waals surface area contributed by atoms with Crippen LogP contribution < -0.4 is 0 Å². The summed E-state index contributed by atoms with van der Waals surface area (Å²) in [5, 5.41) is 16.3. The van der Waals surface area contributed by atoms with E-state index in [0.29, 0.717) is 23.0 Å². The van der Waals surface area contributed by atoms with Gasteiger partial charge in [-0.25, -0.2) is 15.0 Å². The van der Waals surface area contributed by atoms with E-state index in [9.17, 15) is 5.26 Å². The predicted octanol–water partition coefficient (Wildman–Crippen LogP) is 17.8. The van der Waals surface area contributed by atoms with Crippen LogP contribution in [-0.4, -0.2) is 24.1 Å². The number of rotatable bonds is 6. The van der Waals surface area contributed by atoms with Gasteiger partial charge in [-0.2, -0.15) is 5.26 Å². The Kier molecular flexibility index (Phi) is 11.4. The minimum atomic E-state index is -0.0782. The van der Waals surface area contributed by atoms with Gasteiger partial charge < -0.3 is 9.13 Å². The maximum absolute atomic E-state index is 11.6. The molecule has 0 radical (unpaired) electrons. The highest BCUT2D eigenvalue weighted by atomic mass is 15.0. The van der Waals surface area contributed by atoms with E-state index in [0.717, 1.165) is 61.3 Å². The highest BCUT2D eigenvalue weighted by Gasteiger charge is 2.29. The summed E-state index contributed by atoms with van der Waals surface area (Å²) in [6, 6.07) is 63.3. The Morgan fingerprint density at radius 2 is 0.689 bits per heavy atom. The summed E-state index contributed by atoms with van der Waals surface area (Å²) in [7, 11) is 0. The molecule has 0 spiro atoms. The van der Waals surface area contributed by atoms with E-state index >= 15 is 0 Å². The first kappa shape index (κ1) is 48.1. The van der Waals surface area contributed by atoms with Gasteiger partial charge in [-0.1, -0.05) is 186 Å². The van der Waals surface area contributed by atoms with Crippen LogP contribution in [0.25, 0.3) is 100 Å². The van der Waals surface area contributed by atoms with Crippen molar-refractivity contribution in [3.8, 4) is 62.7 Å². The molecule has 74 heavy (non-hydrogen) atoms. The van der Waals surface area contributed by atoms with Crippen molar-refractivity contribution in [2.75, 3.05) is 0 Å². The quantitative estimate of drug-likeness (QED) is 0.166. The first-order chi connectivity index (χ1) is 35.2. The normalized spacial score (nSPS) is 12.6. The lowest BCUT2D eigenvalue weighted by Gasteiger charge is -2.23. The van der Waals surface area contributed by atoms with E-state index in [-0.39, 0.29) is 21.7 Å². The molecule has 366 valence electrons. The summed E-state index contributed by atoms with van der Waals surface area (Å²) in [5.74, 6) is 1.63. The molecular formula is C68H64N6. The van der Waals surface area contributed by atoms with Gasteiger partial charge >= 0.3 is 0 Å². The number of nitriles is 1. The number of hydrogen-bond donors (Lipinski definition) is 0. The fraction of sp³-hybridized carbons (Fsp3) is 0.235. The molecule has 0 aliphatic heterocycles.